The molecule has 152 valence electrons. The average molecular weight is 401 g/mol. The molecule has 0 bridgehead atoms. The minimum atomic E-state index is -1.71. The lowest BCUT2D eigenvalue weighted by molar-refractivity contribution is -0.386. The second-order valence-electron chi connectivity index (χ2n) is 5.59. The van der Waals surface area contributed by atoms with E-state index in [9.17, 15) is 19.7 Å². The normalized spacial score (nSPS) is 11.1. The zero-order valence-electron chi connectivity index (χ0n) is 15.8. The molecule has 9 heteroatoms. The first kappa shape index (κ1) is 21.4. The van der Waals surface area contributed by atoms with Crippen LogP contribution in [0.3, 0.4) is 0 Å². The van der Waals surface area contributed by atoms with Gasteiger partial charge < -0.3 is 18.9 Å². The van der Waals surface area contributed by atoms with Gasteiger partial charge in [0.1, 0.15) is 6.61 Å². The molecule has 2 rings (SSSR count). The SMILES string of the molecule is C=CCOC(=O)C(OC(=O)c1ccccc1)c1cc(OC)c(OC)cc1[N+](=O)[O-]. The fourth-order valence-corrected chi connectivity index (χ4v) is 2.46. The molecule has 0 aromatic heterocycles. The van der Waals surface area contributed by atoms with E-state index in [1.165, 1.54) is 38.5 Å². The second-order valence-corrected chi connectivity index (χ2v) is 5.59. The lowest BCUT2D eigenvalue weighted by Gasteiger charge is -2.18. The molecule has 1 atom stereocenters. The van der Waals surface area contributed by atoms with E-state index in [-0.39, 0.29) is 29.2 Å². The summed E-state index contributed by atoms with van der Waals surface area (Å²) in [6, 6.07) is 10.2. The number of carbonyl (C=O) groups is 2. The first-order chi connectivity index (χ1) is 13.9. The fourth-order valence-electron chi connectivity index (χ4n) is 2.46. The van der Waals surface area contributed by atoms with Crippen LogP contribution in [0, 0.1) is 10.1 Å². The molecule has 0 radical (unpaired) electrons. The maximum atomic E-state index is 12.6. The number of esters is 2. The molecular weight excluding hydrogens is 382 g/mol. The summed E-state index contributed by atoms with van der Waals surface area (Å²) in [4.78, 5) is 35.9. The number of ether oxygens (including phenoxy) is 4. The Labute approximate surface area is 166 Å². The highest BCUT2D eigenvalue weighted by molar-refractivity contribution is 5.92. The van der Waals surface area contributed by atoms with Gasteiger partial charge in [-0.1, -0.05) is 30.9 Å². The van der Waals surface area contributed by atoms with Gasteiger partial charge in [-0.3, -0.25) is 10.1 Å². The number of nitro benzene ring substituents is 1. The summed E-state index contributed by atoms with van der Waals surface area (Å²) < 4.78 is 20.5. The van der Waals surface area contributed by atoms with E-state index >= 15 is 0 Å². The maximum absolute atomic E-state index is 12.6. The van der Waals surface area contributed by atoms with E-state index in [4.69, 9.17) is 18.9 Å². The monoisotopic (exact) mass is 401 g/mol. The number of carbonyl (C=O) groups excluding carboxylic acids is 2. The molecule has 9 nitrogen and oxygen atoms in total. The van der Waals surface area contributed by atoms with Crippen LogP contribution in [0.5, 0.6) is 11.5 Å². The van der Waals surface area contributed by atoms with E-state index in [0.717, 1.165) is 6.07 Å². The molecular formula is C20H19NO8. The van der Waals surface area contributed by atoms with Crippen LogP contribution >= 0.6 is 0 Å². The van der Waals surface area contributed by atoms with Crippen molar-refractivity contribution in [3.05, 3.63) is 76.4 Å². The van der Waals surface area contributed by atoms with Crippen LogP contribution < -0.4 is 9.47 Å². The van der Waals surface area contributed by atoms with Gasteiger partial charge in [0, 0.05) is 0 Å². The molecule has 29 heavy (non-hydrogen) atoms. The van der Waals surface area contributed by atoms with Crippen molar-refractivity contribution in [2.75, 3.05) is 20.8 Å². The van der Waals surface area contributed by atoms with E-state index in [2.05, 4.69) is 6.58 Å². The molecule has 0 aliphatic carbocycles. The summed E-state index contributed by atoms with van der Waals surface area (Å²) in [5, 5.41) is 11.6. The molecule has 0 saturated heterocycles. The van der Waals surface area contributed by atoms with Crippen molar-refractivity contribution < 1.29 is 33.5 Å². The minimum Gasteiger partial charge on any atom is -0.493 e. The van der Waals surface area contributed by atoms with Crippen LogP contribution in [-0.4, -0.2) is 37.7 Å². The Hall–Kier alpha value is -3.88. The van der Waals surface area contributed by atoms with Gasteiger partial charge in [0.2, 0.25) is 6.10 Å². The van der Waals surface area contributed by atoms with Gasteiger partial charge in [0.15, 0.2) is 11.5 Å². The Kier molecular flexibility index (Phi) is 7.30. The highest BCUT2D eigenvalue weighted by atomic mass is 16.6. The Morgan fingerprint density at radius 1 is 1.14 bits per heavy atom. The lowest BCUT2D eigenvalue weighted by atomic mass is 10.1. The van der Waals surface area contributed by atoms with Crippen LogP contribution in [0.4, 0.5) is 5.69 Å². The second kappa shape index (κ2) is 9.88. The standard InChI is InChI=1S/C20H19NO8/c1-4-10-28-20(23)18(29-19(22)13-8-6-5-7-9-13)14-11-16(26-2)17(27-3)12-15(14)21(24)25/h4-9,11-12,18H,1,10H2,2-3H3. The van der Waals surface area contributed by atoms with Crippen molar-refractivity contribution in [1.29, 1.82) is 0 Å². The number of hydrogen-bond acceptors (Lipinski definition) is 8. The highest BCUT2D eigenvalue weighted by Gasteiger charge is 2.35. The van der Waals surface area contributed by atoms with E-state index in [1.54, 1.807) is 18.2 Å². The average Bonchev–Trinajstić information content (AvgIpc) is 2.75. The number of nitrogens with zero attached hydrogens (tertiary/aromatic N) is 1. The fraction of sp³-hybridized carbons (Fsp3) is 0.200. The molecule has 1 unspecified atom stereocenters. The maximum Gasteiger partial charge on any atom is 0.352 e. The number of benzene rings is 2. The number of hydrogen-bond donors (Lipinski definition) is 0. The third kappa shape index (κ3) is 5.10. The van der Waals surface area contributed by atoms with Gasteiger partial charge in [-0.05, 0) is 18.2 Å². The number of nitro groups is 1. The van der Waals surface area contributed by atoms with Crippen LogP contribution in [0.15, 0.2) is 55.1 Å². The molecule has 2 aromatic rings. The van der Waals surface area contributed by atoms with Crippen molar-refractivity contribution in [3.8, 4) is 11.5 Å². The van der Waals surface area contributed by atoms with Crippen molar-refractivity contribution in [1.82, 2.24) is 0 Å². The Bertz CT molecular complexity index is 910. The van der Waals surface area contributed by atoms with Crippen molar-refractivity contribution in [2.24, 2.45) is 0 Å². The summed E-state index contributed by atoms with van der Waals surface area (Å²) in [6.07, 6.45) is -0.389. The van der Waals surface area contributed by atoms with Gasteiger partial charge in [0.05, 0.1) is 36.3 Å². The zero-order valence-corrected chi connectivity index (χ0v) is 15.8. The van der Waals surface area contributed by atoms with E-state index in [0.29, 0.717) is 0 Å². The van der Waals surface area contributed by atoms with E-state index < -0.39 is 28.7 Å². The summed E-state index contributed by atoms with van der Waals surface area (Å²) in [5.41, 5.74) is -0.549. The molecule has 0 amide bonds. The van der Waals surface area contributed by atoms with Crippen LogP contribution in [0.25, 0.3) is 0 Å². The van der Waals surface area contributed by atoms with E-state index in [1.807, 2.05) is 0 Å². The van der Waals surface area contributed by atoms with Crippen LogP contribution in [-0.2, 0) is 14.3 Å². The molecule has 0 saturated carbocycles. The minimum absolute atomic E-state index is 0.0792. The molecule has 0 N–H and O–H groups in total. The highest BCUT2D eigenvalue weighted by Crippen LogP contribution is 2.39. The Morgan fingerprint density at radius 3 is 2.31 bits per heavy atom. The molecule has 0 heterocycles. The first-order valence-electron chi connectivity index (χ1n) is 8.36. The largest absolute Gasteiger partial charge is 0.493 e. The summed E-state index contributed by atoms with van der Waals surface area (Å²) in [6.45, 7) is 3.27. The van der Waals surface area contributed by atoms with Gasteiger partial charge in [-0.15, -0.1) is 0 Å². The number of methoxy groups -OCH3 is 2. The quantitative estimate of drug-likeness (QED) is 0.272. The summed E-state index contributed by atoms with van der Waals surface area (Å²) in [7, 11) is 2.64. The van der Waals surface area contributed by atoms with Crippen molar-refractivity contribution in [2.45, 2.75) is 6.10 Å². The summed E-state index contributed by atoms with van der Waals surface area (Å²) in [5.74, 6) is -1.65. The summed E-state index contributed by atoms with van der Waals surface area (Å²) >= 11 is 0. The van der Waals surface area contributed by atoms with Gasteiger partial charge in [0.25, 0.3) is 5.69 Å². The third-order valence-electron chi connectivity index (χ3n) is 3.80. The van der Waals surface area contributed by atoms with Gasteiger partial charge in [-0.25, -0.2) is 9.59 Å². The van der Waals surface area contributed by atoms with Crippen molar-refractivity contribution >= 4 is 17.6 Å². The lowest BCUT2D eigenvalue weighted by Crippen LogP contribution is -2.23. The van der Waals surface area contributed by atoms with Gasteiger partial charge >= 0.3 is 11.9 Å². The molecule has 2 aromatic carbocycles. The Morgan fingerprint density at radius 2 is 1.76 bits per heavy atom. The topological polar surface area (TPSA) is 114 Å². The van der Waals surface area contributed by atoms with Crippen LogP contribution in [0.1, 0.15) is 22.0 Å². The third-order valence-corrected chi connectivity index (χ3v) is 3.80. The molecule has 0 aliphatic rings. The number of rotatable bonds is 9. The smallest absolute Gasteiger partial charge is 0.352 e. The predicted octanol–water partition coefficient (Wildman–Crippen LogP) is 3.24. The Balaban J connectivity index is 2.55. The molecule has 0 aliphatic heterocycles. The van der Waals surface area contributed by atoms with Gasteiger partial charge in [-0.2, -0.15) is 0 Å². The molecule has 0 fully saturated rings. The zero-order chi connectivity index (χ0) is 21.4. The van der Waals surface area contributed by atoms with Crippen LogP contribution in [0.2, 0.25) is 0 Å². The van der Waals surface area contributed by atoms with Crippen molar-refractivity contribution in [3.63, 3.8) is 0 Å². The first-order valence-corrected chi connectivity index (χ1v) is 8.36. The predicted molar refractivity (Wildman–Crippen MR) is 102 cm³/mol. The molecule has 0 spiro atoms.